The number of aryl methyl sites for hydroxylation is 2. The topological polar surface area (TPSA) is 42.0 Å². The SMILES string of the molecule is CC(C)(C)NC(=O)c1ccccc1CCc1ccncc1. The molecular weight excluding hydrogens is 260 g/mol. The number of hydrogen-bond donors (Lipinski definition) is 1. The number of carbonyl (C=O) groups is 1. The van der Waals surface area contributed by atoms with E-state index >= 15 is 0 Å². The first-order valence-electron chi connectivity index (χ1n) is 7.25. The van der Waals surface area contributed by atoms with Crippen LogP contribution in [0.15, 0.2) is 48.8 Å². The van der Waals surface area contributed by atoms with Crippen molar-refractivity contribution in [2.24, 2.45) is 0 Å². The summed E-state index contributed by atoms with van der Waals surface area (Å²) in [4.78, 5) is 16.4. The van der Waals surface area contributed by atoms with E-state index in [0.717, 1.165) is 24.0 Å². The van der Waals surface area contributed by atoms with Crippen molar-refractivity contribution in [3.05, 3.63) is 65.5 Å². The Bertz CT molecular complexity index is 600. The molecule has 21 heavy (non-hydrogen) atoms. The van der Waals surface area contributed by atoms with E-state index in [1.807, 2.05) is 57.2 Å². The molecule has 1 aromatic heterocycles. The van der Waals surface area contributed by atoms with Crippen molar-refractivity contribution in [2.75, 3.05) is 0 Å². The van der Waals surface area contributed by atoms with Crippen molar-refractivity contribution in [2.45, 2.75) is 39.2 Å². The zero-order chi connectivity index (χ0) is 15.3. The quantitative estimate of drug-likeness (QED) is 0.934. The lowest BCUT2D eigenvalue weighted by molar-refractivity contribution is 0.0918. The number of carbonyl (C=O) groups excluding carboxylic acids is 1. The first-order chi connectivity index (χ1) is 9.96. The van der Waals surface area contributed by atoms with E-state index in [0.29, 0.717) is 0 Å². The zero-order valence-electron chi connectivity index (χ0n) is 12.9. The maximum absolute atomic E-state index is 12.4. The summed E-state index contributed by atoms with van der Waals surface area (Å²) < 4.78 is 0. The van der Waals surface area contributed by atoms with E-state index in [9.17, 15) is 4.79 Å². The van der Waals surface area contributed by atoms with Crippen LogP contribution in [0.1, 0.15) is 42.3 Å². The van der Waals surface area contributed by atoms with E-state index in [1.54, 1.807) is 12.4 Å². The Morgan fingerprint density at radius 2 is 1.71 bits per heavy atom. The van der Waals surface area contributed by atoms with Gasteiger partial charge in [0.15, 0.2) is 0 Å². The van der Waals surface area contributed by atoms with Crippen molar-refractivity contribution in [1.82, 2.24) is 10.3 Å². The summed E-state index contributed by atoms with van der Waals surface area (Å²) in [6, 6.07) is 11.8. The van der Waals surface area contributed by atoms with E-state index < -0.39 is 0 Å². The smallest absolute Gasteiger partial charge is 0.251 e. The van der Waals surface area contributed by atoms with Crippen molar-refractivity contribution in [1.29, 1.82) is 0 Å². The lowest BCUT2D eigenvalue weighted by Crippen LogP contribution is -2.40. The highest BCUT2D eigenvalue weighted by atomic mass is 16.1. The van der Waals surface area contributed by atoms with Crippen LogP contribution in [0.4, 0.5) is 0 Å². The summed E-state index contributed by atoms with van der Waals surface area (Å²) >= 11 is 0. The van der Waals surface area contributed by atoms with Gasteiger partial charge in [0.2, 0.25) is 0 Å². The maximum Gasteiger partial charge on any atom is 0.251 e. The molecule has 0 unspecified atom stereocenters. The Labute approximate surface area is 126 Å². The van der Waals surface area contributed by atoms with Crippen LogP contribution in [0, 0.1) is 0 Å². The molecule has 1 N–H and O–H groups in total. The Morgan fingerprint density at radius 1 is 1.05 bits per heavy atom. The van der Waals surface area contributed by atoms with Crippen molar-refractivity contribution < 1.29 is 4.79 Å². The molecule has 0 atom stereocenters. The van der Waals surface area contributed by atoms with Crippen LogP contribution in [-0.4, -0.2) is 16.4 Å². The van der Waals surface area contributed by atoms with Gasteiger partial charge < -0.3 is 5.32 Å². The molecule has 0 fully saturated rings. The lowest BCUT2D eigenvalue weighted by Gasteiger charge is -2.21. The van der Waals surface area contributed by atoms with Crippen LogP contribution in [-0.2, 0) is 12.8 Å². The molecule has 1 heterocycles. The lowest BCUT2D eigenvalue weighted by atomic mass is 9.99. The summed E-state index contributed by atoms with van der Waals surface area (Å²) in [7, 11) is 0. The number of rotatable bonds is 4. The minimum absolute atomic E-state index is 0.00664. The molecule has 0 saturated heterocycles. The molecule has 3 nitrogen and oxygen atoms in total. The molecule has 2 aromatic rings. The second kappa shape index (κ2) is 6.53. The van der Waals surface area contributed by atoms with E-state index in [1.165, 1.54) is 5.56 Å². The molecule has 0 aliphatic heterocycles. The molecule has 3 heteroatoms. The third-order valence-electron chi connectivity index (χ3n) is 3.18. The Balaban J connectivity index is 2.12. The average molecular weight is 282 g/mol. The number of nitrogens with zero attached hydrogens (tertiary/aromatic N) is 1. The molecule has 0 saturated carbocycles. The van der Waals surface area contributed by atoms with Gasteiger partial charge in [-0.1, -0.05) is 18.2 Å². The molecular formula is C18H22N2O. The number of nitrogens with one attached hydrogen (secondary N) is 1. The van der Waals surface area contributed by atoms with E-state index in [-0.39, 0.29) is 11.4 Å². The largest absolute Gasteiger partial charge is 0.347 e. The Morgan fingerprint density at radius 3 is 2.38 bits per heavy atom. The fourth-order valence-electron chi connectivity index (χ4n) is 2.20. The molecule has 0 aliphatic carbocycles. The molecule has 1 amide bonds. The second-order valence-electron chi connectivity index (χ2n) is 6.22. The first kappa shape index (κ1) is 15.2. The van der Waals surface area contributed by atoms with Gasteiger partial charge in [0.25, 0.3) is 5.91 Å². The fraction of sp³-hybridized carbons (Fsp3) is 0.333. The van der Waals surface area contributed by atoms with Crippen molar-refractivity contribution in [3.8, 4) is 0 Å². The van der Waals surface area contributed by atoms with E-state index in [4.69, 9.17) is 0 Å². The van der Waals surface area contributed by atoms with Gasteiger partial charge in [0.05, 0.1) is 0 Å². The third kappa shape index (κ3) is 4.71. The molecule has 2 rings (SSSR count). The Hall–Kier alpha value is -2.16. The standard InChI is InChI=1S/C18H22N2O/c1-18(2,3)20-17(21)16-7-5-4-6-15(16)9-8-14-10-12-19-13-11-14/h4-7,10-13H,8-9H2,1-3H3,(H,20,21). The van der Waals surface area contributed by atoms with Crippen LogP contribution < -0.4 is 5.32 Å². The highest BCUT2D eigenvalue weighted by Gasteiger charge is 2.17. The number of amides is 1. The predicted molar refractivity (Wildman–Crippen MR) is 85.3 cm³/mol. The molecule has 0 radical (unpaired) electrons. The maximum atomic E-state index is 12.4. The third-order valence-corrected chi connectivity index (χ3v) is 3.18. The van der Waals surface area contributed by atoms with Gasteiger partial charge in [0.1, 0.15) is 0 Å². The molecule has 110 valence electrons. The van der Waals surface area contributed by atoms with Gasteiger partial charge in [-0.3, -0.25) is 9.78 Å². The van der Waals surface area contributed by atoms with Gasteiger partial charge in [-0.05, 0) is 62.9 Å². The van der Waals surface area contributed by atoms with Crippen LogP contribution in [0.5, 0.6) is 0 Å². The molecule has 0 spiro atoms. The van der Waals surface area contributed by atoms with Crippen molar-refractivity contribution in [3.63, 3.8) is 0 Å². The normalized spacial score (nSPS) is 11.2. The van der Waals surface area contributed by atoms with Crippen molar-refractivity contribution >= 4 is 5.91 Å². The average Bonchev–Trinajstić information content (AvgIpc) is 2.45. The van der Waals surface area contributed by atoms with Crippen LogP contribution in [0.25, 0.3) is 0 Å². The Kier molecular flexibility index (Phi) is 4.73. The molecule has 1 aromatic carbocycles. The van der Waals surface area contributed by atoms with Gasteiger partial charge in [-0.15, -0.1) is 0 Å². The van der Waals surface area contributed by atoms with E-state index in [2.05, 4.69) is 10.3 Å². The highest BCUT2D eigenvalue weighted by molar-refractivity contribution is 5.96. The van der Waals surface area contributed by atoms with Gasteiger partial charge in [0, 0.05) is 23.5 Å². The van der Waals surface area contributed by atoms with Crippen LogP contribution in [0.3, 0.4) is 0 Å². The summed E-state index contributed by atoms with van der Waals surface area (Å²) in [5, 5.41) is 3.03. The zero-order valence-corrected chi connectivity index (χ0v) is 12.9. The highest BCUT2D eigenvalue weighted by Crippen LogP contribution is 2.14. The predicted octanol–water partition coefficient (Wildman–Crippen LogP) is 3.40. The number of aromatic nitrogens is 1. The van der Waals surface area contributed by atoms with Gasteiger partial charge >= 0.3 is 0 Å². The van der Waals surface area contributed by atoms with Crippen LogP contribution >= 0.6 is 0 Å². The molecule has 0 bridgehead atoms. The number of pyridine rings is 1. The fourth-order valence-corrected chi connectivity index (χ4v) is 2.20. The van der Waals surface area contributed by atoms with Gasteiger partial charge in [-0.2, -0.15) is 0 Å². The summed E-state index contributed by atoms with van der Waals surface area (Å²) in [5.74, 6) is -0.00664. The first-order valence-corrected chi connectivity index (χ1v) is 7.25. The van der Waals surface area contributed by atoms with Gasteiger partial charge in [-0.25, -0.2) is 0 Å². The minimum atomic E-state index is -0.227. The number of hydrogen-bond acceptors (Lipinski definition) is 2. The summed E-state index contributed by atoms with van der Waals surface area (Å²) in [6.07, 6.45) is 5.35. The molecule has 0 aliphatic rings. The second-order valence-corrected chi connectivity index (χ2v) is 6.22. The summed E-state index contributed by atoms with van der Waals surface area (Å²) in [6.45, 7) is 5.97. The number of benzene rings is 1. The van der Waals surface area contributed by atoms with Crippen LogP contribution in [0.2, 0.25) is 0 Å². The summed E-state index contributed by atoms with van der Waals surface area (Å²) in [5.41, 5.74) is 2.85. The monoisotopic (exact) mass is 282 g/mol. The minimum Gasteiger partial charge on any atom is -0.347 e.